The predicted octanol–water partition coefficient (Wildman–Crippen LogP) is 2.51. The van der Waals surface area contributed by atoms with Gasteiger partial charge in [0, 0.05) is 12.2 Å². The highest BCUT2D eigenvalue weighted by atomic mass is 32.2. The molecule has 1 aliphatic rings. The number of fused-ring (bicyclic) bond motifs is 1. The zero-order valence-electron chi connectivity index (χ0n) is 16.8. The summed E-state index contributed by atoms with van der Waals surface area (Å²) in [6.45, 7) is 0.420. The van der Waals surface area contributed by atoms with Crippen molar-refractivity contribution in [2.24, 2.45) is 0 Å². The van der Waals surface area contributed by atoms with Gasteiger partial charge in [0.05, 0.1) is 30.3 Å². The number of anilines is 2. The van der Waals surface area contributed by atoms with Crippen molar-refractivity contribution >= 4 is 33.2 Å². The fourth-order valence-electron chi connectivity index (χ4n) is 3.43. The summed E-state index contributed by atoms with van der Waals surface area (Å²) in [5.74, 6) is -0.621. The van der Waals surface area contributed by atoms with E-state index in [4.69, 9.17) is 8.83 Å². The molecule has 0 bridgehead atoms. The van der Waals surface area contributed by atoms with Crippen molar-refractivity contribution in [2.45, 2.75) is 19.4 Å². The molecule has 0 saturated heterocycles. The maximum atomic E-state index is 12.3. The number of sulfonamides is 1. The van der Waals surface area contributed by atoms with Crippen LogP contribution in [0, 0.1) is 0 Å². The van der Waals surface area contributed by atoms with Gasteiger partial charge in [0.2, 0.25) is 10.0 Å². The van der Waals surface area contributed by atoms with Crippen molar-refractivity contribution in [2.75, 3.05) is 22.4 Å². The van der Waals surface area contributed by atoms with Gasteiger partial charge in [0.15, 0.2) is 0 Å². The van der Waals surface area contributed by atoms with Crippen molar-refractivity contribution in [3.63, 3.8) is 0 Å². The molecule has 1 aromatic carbocycles. The topological polar surface area (TPSA) is 122 Å². The summed E-state index contributed by atoms with van der Waals surface area (Å²) in [6.07, 6.45) is 5.69. The first-order chi connectivity index (χ1) is 14.8. The van der Waals surface area contributed by atoms with E-state index < -0.39 is 21.8 Å². The Balaban J connectivity index is 1.39. The van der Waals surface area contributed by atoms with E-state index in [-0.39, 0.29) is 6.54 Å². The number of nitrogens with one attached hydrogen (secondary N) is 2. The summed E-state index contributed by atoms with van der Waals surface area (Å²) in [7, 11) is -3.43. The molecule has 3 heterocycles. The Morgan fingerprint density at radius 3 is 2.71 bits per heavy atom. The standard InChI is InChI=1S/C21H21N3O6S/c1-31(27,28)24-9-2-3-14-4-5-16(11-18(14)24)23-21(26)20(25)22-12-17-6-7-19(30-17)15-8-10-29-13-15/h4-8,10-11,13H,2-3,9,12H2,1H3,(H,22,25)(H,23,26). The molecule has 2 N–H and O–H groups in total. The minimum atomic E-state index is -3.43. The van der Waals surface area contributed by atoms with Gasteiger partial charge in [-0.05, 0) is 48.7 Å². The van der Waals surface area contributed by atoms with Crippen LogP contribution in [0.5, 0.6) is 0 Å². The van der Waals surface area contributed by atoms with Gasteiger partial charge in [0.1, 0.15) is 17.8 Å². The first-order valence-corrected chi connectivity index (χ1v) is 11.5. The fourth-order valence-corrected chi connectivity index (χ4v) is 4.42. The lowest BCUT2D eigenvalue weighted by Gasteiger charge is -2.29. The van der Waals surface area contributed by atoms with Gasteiger partial charge < -0.3 is 19.5 Å². The number of benzene rings is 1. The molecule has 0 fully saturated rings. The highest BCUT2D eigenvalue weighted by molar-refractivity contribution is 7.92. The Hall–Kier alpha value is -3.53. The van der Waals surface area contributed by atoms with Crippen LogP contribution in [-0.4, -0.2) is 33.0 Å². The van der Waals surface area contributed by atoms with Gasteiger partial charge >= 0.3 is 11.8 Å². The Morgan fingerprint density at radius 2 is 1.97 bits per heavy atom. The predicted molar refractivity (Wildman–Crippen MR) is 114 cm³/mol. The van der Waals surface area contributed by atoms with E-state index in [1.54, 1.807) is 36.4 Å². The highest BCUT2D eigenvalue weighted by Gasteiger charge is 2.25. The second-order valence-corrected chi connectivity index (χ2v) is 9.10. The van der Waals surface area contributed by atoms with Gasteiger partial charge in [-0.1, -0.05) is 6.07 Å². The van der Waals surface area contributed by atoms with Crippen molar-refractivity contribution < 1.29 is 26.8 Å². The van der Waals surface area contributed by atoms with Crippen LogP contribution in [0.1, 0.15) is 17.7 Å². The smallest absolute Gasteiger partial charge is 0.313 e. The first kappa shape index (κ1) is 20.7. The van der Waals surface area contributed by atoms with Gasteiger partial charge in [-0.3, -0.25) is 13.9 Å². The Kier molecular flexibility index (Phi) is 5.55. The summed E-state index contributed by atoms with van der Waals surface area (Å²) in [6, 6.07) is 10.2. The van der Waals surface area contributed by atoms with Crippen LogP contribution in [-0.2, 0) is 32.6 Å². The molecule has 0 atom stereocenters. The van der Waals surface area contributed by atoms with E-state index in [1.165, 1.54) is 16.8 Å². The number of carbonyl (C=O) groups is 2. The number of rotatable bonds is 5. The molecule has 0 radical (unpaired) electrons. The van der Waals surface area contributed by atoms with Gasteiger partial charge in [-0.25, -0.2) is 8.42 Å². The normalized spacial score (nSPS) is 13.5. The van der Waals surface area contributed by atoms with Gasteiger partial charge in [-0.15, -0.1) is 0 Å². The average molecular weight is 443 g/mol. The summed E-state index contributed by atoms with van der Waals surface area (Å²) >= 11 is 0. The van der Waals surface area contributed by atoms with E-state index in [2.05, 4.69) is 10.6 Å². The number of furan rings is 2. The lowest BCUT2D eigenvalue weighted by molar-refractivity contribution is -0.136. The largest absolute Gasteiger partial charge is 0.472 e. The van der Waals surface area contributed by atoms with E-state index in [9.17, 15) is 18.0 Å². The van der Waals surface area contributed by atoms with E-state index in [1.807, 2.05) is 0 Å². The highest BCUT2D eigenvalue weighted by Crippen LogP contribution is 2.31. The molecule has 162 valence electrons. The first-order valence-electron chi connectivity index (χ1n) is 9.62. The van der Waals surface area contributed by atoms with E-state index >= 15 is 0 Å². The number of hydrogen-bond donors (Lipinski definition) is 2. The van der Waals surface area contributed by atoms with Crippen LogP contribution in [0.2, 0.25) is 0 Å². The van der Waals surface area contributed by atoms with Crippen LogP contribution in [0.25, 0.3) is 11.3 Å². The molecule has 2 amide bonds. The number of hydrogen-bond acceptors (Lipinski definition) is 6. The van der Waals surface area contributed by atoms with Crippen molar-refractivity contribution in [1.82, 2.24) is 5.32 Å². The second-order valence-electron chi connectivity index (χ2n) is 7.20. The minimum Gasteiger partial charge on any atom is -0.472 e. The fraction of sp³-hybridized carbons (Fsp3) is 0.238. The third-order valence-electron chi connectivity index (χ3n) is 4.92. The molecule has 0 spiro atoms. The van der Waals surface area contributed by atoms with Crippen LogP contribution >= 0.6 is 0 Å². The molecular formula is C21H21N3O6S. The molecule has 31 heavy (non-hydrogen) atoms. The molecule has 3 aromatic rings. The SMILES string of the molecule is CS(=O)(=O)N1CCCc2ccc(NC(=O)C(=O)NCc3ccc(-c4ccoc4)o3)cc21. The van der Waals surface area contributed by atoms with E-state index in [0.717, 1.165) is 30.2 Å². The number of aryl methyl sites for hydroxylation is 1. The molecule has 2 aromatic heterocycles. The number of amides is 2. The average Bonchev–Trinajstić information content (AvgIpc) is 3.42. The molecule has 10 heteroatoms. The minimum absolute atomic E-state index is 0.0378. The maximum Gasteiger partial charge on any atom is 0.313 e. The Morgan fingerprint density at radius 1 is 1.13 bits per heavy atom. The quantitative estimate of drug-likeness (QED) is 0.585. The monoisotopic (exact) mass is 443 g/mol. The van der Waals surface area contributed by atoms with Gasteiger partial charge in [-0.2, -0.15) is 0 Å². The molecule has 0 aliphatic carbocycles. The summed E-state index contributed by atoms with van der Waals surface area (Å²) in [5.41, 5.74) is 2.51. The summed E-state index contributed by atoms with van der Waals surface area (Å²) in [4.78, 5) is 24.5. The van der Waals surface area contributed by atoms with E-state index in [0.29, 0.717) is 29.4 Å². The molecule has 0 saturated carbocycles. The number of nitrogens with zero attached hydrogens (tertiary/aromatic N) is 1. The van der Waals surface area contributed by atoms with Crippen molar-refractivity contribution in [3.8, 4) is 11.3 Å². The number of carbonyl (C=O) groups excluding carboxylic acids is 2. The van der Waals surface area contributed by atoms with Crippen LogP contribution in [0.4, 0.5) is 11.4 Å². The zero-order valence-corrected chi connectivity index (χ0v) is 17.6. The lowest BCUT2D eigenvalue weighted by Crippen LogP contribution is -2.36. The molecule has 4 rings (SSSR count). The summed E-state index contributed by atoms with van der Waals surface area (Å²) < 4.78 is 36.0. The maximum absolute atomic E-state index is 12.3. The Bertz CT molecular complexity index is 1210. The molecular weight excluding hydrogens is 422 g/mol. The van der Waals surface area contributed by atoms with Crippen LogP contribution in [0.15, 0.2) is 57.8 Å². The third kappa shape index (κ3) is 4.64. The molecule has 9 nitrogen and oxygen atoms in total. The lowest BCUT2D eigenvalue weighted by atomic mass is 10.0. The Labute approximate surface area is 179 Å². The summed E-state index contributed by atoms with van der Waals surface area (Å²) in [5, 5.41) is 5.01. The third-order valence-corrected chi connectivity index (χ3v) is 6.10. The molecule has 1 aliphatic heterocycles. The van der Waals surface area contributed by atoms with Crippen LogP contribution in [0.3, 0.4) is 0 Å². The second kappa shape index (κ2) is 8.31. The van der Waals surface area contributed by atoms with Crippen molar-refractivity contribution in [1.29, 1.82) is 0 Å². The molecule has 0 unspecified atom stereocenters. The zero-order chi connectivity index (χ0) is 22.0. The van der Waals surface area contributed by atoms with Crippen LogP contribution < -0.4 is 14.9 Å². The van der Waals surface area contributed by atoms with Gasteiger partial charge in [0.25, 0.3) is 0 Å². The van der Waals surface area contributed by atoms with Crippen molar-refractivity contribution in [3.05, 3.63) is 60.2 Å².